The van der Waals surface area contributed by atoms with Crippen molar-refractivity contribution in [1.82, 2.24) is 14.5 Å². The highest BCUT2D eigenvalue weighted by Crippen LogP contribution is 2.08. The second-order valence-electron chi connectivity index (χ2n) is 3.57. The maximum atomic E-state index is 11.9. The van der Waals surface area contributed by atoms with Crippen LogP contribution in [0.3, 0.4) is 0 Å². The molecule has 1 aromatic heterocycles. The maximum absolute atomic E-state index is 11.9. The lowest BCUT2D eigenvalue weighted by molar-refractivity contribution is -0.142. The molecule has 0 saturated heterocycles. The zero-order chi connectivity index (χ0) is 12.3. The molecule has 0 aromatic carbocycles. The monoisotopic (exact) mass is 225 g/mol. The van der Waals surface area contributed by atoms with Gasteiger partial charge in [0, 0.05) is 14.1 Å². The van der Waals surface area contributed by atoms with Crippen molar-refractivity contribution < 1.29 is 14.7 Å². The molecular weight excluding hydrogens is 210 g/mol. The van der Waals surface area contributed by atoms with Crippen LogP contribution in [0.2, 0.25) is 0 Å². The van der Waals surface area contributed by atoms with Gasteiger partial charge in [0.2, 0.25) is 0 Å². The lowest BCUT2D eigenvalue weighted by atomic mass is 10.2. The van der Waals surface area contributed by atoms with Gasteiger partial charge in [0.25, 0.3) is 5.91 Å². The van der Waals surface area contributed by atoms with E-state index >= 15 is 0 Å². The predicted molar refractivity (Wildman–Crippen MR) is 57.0 cm³/mol. The molecule has 1 N–H and O–H groups in total. The van der Waals surface area contributed by atoms with E-state index in [1.54, 1.807) is 18.5 Å². The van der Waals surface area contributed by atoms with Crippen molar-refractivity contribution in [2.45, 2.75) is 19.4 Å². The molecule has 1 aromatic rings. The Kier molecular flexibility index (Phi) is 3.65. The van der Waals surface area contributed by atoms with Gasteiger partial charge in [-0.25, -0.2) is 9.78 Å². The number of carbonyl (C=O) groups is 2. The Hall–Kier alpha value is -1.85. The number of carbonyl (C=O) groups excluding carboxylic acids is 1. The van der Waals surface area contributed by atoms with E-state index in [2.05, 4.69) is 4.98 Å². The van der Waals surface area contributed by atoms with E-state index < -0.39 is 12.0 Å². The number of carboxylic acid groups (broad SMARTS) is 1. The van der Waals surface area contributed by atoms with Gasteiger partial charge in [0.05, 0.1) is 12.5 Å². The van der Waals surface area contributed by atoms with E-state index in [1.807, 2.05) is 0 Å². The molecule has 6 nitrogen and oxygen atoms in total. The molecule has 1 atom stereocenters. The van der Waals surface area contributed by atoms with Gasteiger partial charge in [-0.1, -0.05) is 6.92 Å². The Labute approximate surface area is 93.5 Å². The number of imidazole rings is 1. The third kappa shape index (κ3) is 2.21. The van der Waals surface area contributed by atoms with Crippen LogP contribution in [0.15, 0.2) is 12.5 Å². The molecule has 16 heavy (non-hydrogen) atoms. The second-order valence-corrected chi connectivity index (χ2v) is 3.57. The molecule has 6 heteroatoms. The van der Waals surface area contributed by atoms with Crippen LogP contribution in [0.1, 0.15) is 23.8 Å². The number of carboxylic acids is 1. The number of nitrogens with zero attached hydrogens (tertiary/aromatic N) is 3. The average molecular weight is 225 g/mol. The van der Waals surface area contributed by atoms with E-state index in [9.17, 15) is 9.59 Å². The van der Waals surface area contributed by atoms with Crippen LogP contribution in [-0.2, 0) is 11.8 Å². The van der Waals surface area contributed by atoms with Crippen molar-refractivity contribution in [2.75, 3.05) is 7.05 Å². The molecule has 0 bridgehead atoms. The lowest BCUT2D eigenvalue weighted by Crippen LogP contribution is -2.42. The zero-order valence-corrected chi connectivity index (χ0v) is 9.54. The second kappa shape index (κ2) is 4.78. The molecule has 88 valence electrons. The zero-order valence-electron chi connectivity index (χ0n) is 9.54. The Balaban J connectivity index is 2.90. The Morgan fingerprint density at radius 3 is 2.62 bits per heavy atom. The number of hydrogen-bond acceptors (Lipinski definition) is 3. The highest BCUT2D eigenvalue weighted by molar-refractivity contribution is 5.94. The van der Waals surface area contributed by atoms with Gasteiger partial charge in [0.15, 0.2) is 0 Å². The standard InChI is InChI=1S/C10H15N3O3/c1-4-7(10(15)16)13(3)9(14)8-5-11-6-12(8)2/h5-7H,4H2,1-3H3,(H,15,16). The van der Waals surface area contributed by atoms with Gasteiger partial charge >= 0.3 is 5.97 Å². The van der Waals surface area contributed by atoms with Gasteiger partial charge < -0.3 is 14.6 Å². The highest BCUT2D eigenvalue weighted by atomic mass is 16.4. The van der Waals surface area contributed by atoms with E-state index in [1.165, 1.54) is 24.5 Å². The van der Waals surface area contributed by atoms with Gasteiger partial charge in [-0.2, -0.15) is 0 Å². The third-order valence-corrected chi connectivity index (χ3v) is 2.50. The molecule has 0 aliphatic carbocycles. The topological polar surface area (TPSA) is 75.4 Å². The van der Waals surface area contributed by atoms with Crippen LogP contribution in [0, 0.1) is 0 Å². The van der Waals surface area contributed by atoms with E-state index in [4.69, 9.17) is 5.11 Å². The SMILES string of the molecule is CCC(C(=O)O)N(C)C(=O)c1cncn1C. The minimum absolute atomic E-state index is 0.339. The summed E-state index contributed by atoms with van der Waals surface area (Å²) in [4.78, 5) is 27.9. The van der Waals surface area contributed by atoms with Crippen molar-refractivity contribution in [2.24, 2.45) is 7.05 Å². The first-order valence-electron chi connectivity index (χ1n) is 4.95. The minimum atomic E-state index is -1.000. The predicted octanol–water partition coefficient (Wildman–Crippen LogP) is 0.355. The third-order valence-electron chi connectivity index (χ3n) is 2.50. The van der Waals surface area contributed by atoms with Gasteiger partial charge in [-0.3, -0.25) is 4.79 Å². The number of rotatable bonds is 4. The molecule has 0 spiro atoms. The van der Waals surface area contributed by atoms with E-state index in [-0.39, 0.29) is 5.91 Å². The highest BCUT2D eigenvalue weighted by Gasteiger charge is 2.26. The number of aromatic nitrogens is 2. The maximum Gasteiger partial charge on any atom is 0.326 e. The molecule has 1 rings (SSSR count). The van der Waals surface area contributed by atoms with E-state index in [0.717, 1.165) is 0 Å². The van der Waals surface area contributed by atoms with Crippen molar-refractivity contribution in [3.8, 4) is 0 Å². The molecule has 0 saturated carbocycles. The summed E-state index contributed by atoms with van der Waals surface area (Å²) in [5.41, 5.74) is 0.377. The molecule has 0 fully saturated rings. The number of hydrogen-bond donors (Lipinski definition) is 1. The summed E-state index contributed by atoms with van der Waals surface area (Å²) in [6.07, 6.45) is 3.30. The first kappa shape index (κ1) is 12.2. The fraction of sp³-hybridized carbons (Fsp3) is 0.500. The van der Waals surface area contributed by atoms with Crippen molar-refractivity contribution >= 4 is 11.9 Å². The fourth-order valence-corrected chi connectivity index (χ4v) is 1.50. The van der Waals surface area contributed by atoms with Gasteiger partial charge in [-0.05, 0) is 6.42 Å². The van der Waals surface area contributed by atoms with Crippen molar-refractivity contribution in [1.29, 1.82) is 0 Å². The summed E-state index contributed by atoms with van der Waals surface area (Å²) >= 11 is 0. The summed E-state index contributed by atoms with van der Waals surface area (Å²) in [5.74, 6) is -1.34. The Morgan fingerprint density at radius 2 is 2.25 bits per heavy atom. The normalized spacial score (nSPS) is 12.2. The summed E-state index contributed by atoms with van der Waals surface area (Å²) in [6, 6.07) is -0.803. The lowest BCUT2D eigenvalue weighted by Gasteiger charge is -2.23. The van der Waals surface area contributed by atoms with Crippen molar-refractivity contribution in [3.05, 3.63) is 18.2 Å². The number of aryl methyl sites for hydroxylation is 1. The molecule has 1 amide bonds. The molecule has 0 aliphatic heterocycles. The van der Waals surface area contributed by atoms with Crippen LogP contribution in [0.4, 0.5) is 0 Å². The van der Waals surface area contributed by atoms with Crippen LogP contribution in [0.25, 0.3) is 0 Å². The van der Waals surface area contributed by atoms with Crippen molar-refractivity contribution in [3.63, 3.8) is 0 Å². The average Bonchev–Trinajstić information content (AvgIpc) is 2.63. The summed E-state index contributed by atoms with van der Waals surface area (Å²) in [7, 11) is 3.17. The number of amides is 1. The molecule has 0 aliphatic rings. The van der Waals surface area contributed by atoms with Gasteiger partial charge in [0.1, 0.15) is 11.7 Å². The van der Waals surface area contributed by atoms with E-state index in [0.29, 0.717) is 12.1 Å². The van der Waals surface area contributed by atoms with Crippen LogP contribution in [0.5, 0.6) is 0 Å². The summed E-state index contributed by atoms with van der Waals surface area (Å²) in [6.45, 7) is 1.73. The first-order chi connectivity index (χ1) is 7.49. The Morgan fingerprint density at radius 1 is 1.62 bits per heavy atom. The Bertz CT molecular complexity index is 400. The molecule has 1 heterocycles. The minimum Gasteiger partial charge on any atom is -0.480 e. The smallest absolute Gasteiger partial charge is 0.326 e. The number of likely N-dealkylation sites (N-methyl/N-ethyl adjacent to an activating group) is 1. The first-order valence-corrected chi connectivity index (χ1v) is 4.95. The van der Waals surface area contributed by atoms with Crippen LogP contribution < -0.4 is 0 Å². The van der Waals surface area contributed by atoms with Crippen LogP contribution in [-0.4, -0.2) is 44.5 Å². The van der Waals surface area contributed by atoms with Gasteiger partial charge in [-0.15, -0.1) is 0 Å². The largest absolute Gasteiger partial charge is 0.480 e. The number of aliphatic carboxylic acids is 1. The molecule has 1 unspecified atom stereocenters. The molecule has 0 radical (unpaired) electrons. The summed E-state index contributed by atoms with van der Waals surface area (Å²) in [5, 5.41) is 8.94. The summed E-state index contributed by atoms with van der Waals surface area (Å²) < 4.78 is 1.56. The van der Waals surface area contributed by atoms with Crippen LogP contribution >= 0.6 is 0 Å². The molecular formula is C10H15N3O3. The quantitative estimate of drug-likeness (QED) is 0.802. The fourth-order valence-electron chi connectivity index (χ4n) is 1.50.